The van der Waals surface area contributed by atoms with Crippen LogP contribution in [0.4, 0.5) is 5.69 Å². The van der Waals surface area contributed by atoms with E-state index in [0.717, 1.165) is 23.3 Å². The molecule has 0 bridgehead atoms. The van der Waals surface area contributed by atoms with Gasteiger partial charge in [0, 0.05) is 30.9 Å². The molecule has 0 spiro atoms. The minimum absolute atomic E-state index is 0.196. The molecule has 0 atom stereocenters. The Bertz CT molecular complexity index is 1140. The summed E-state index contributed by atoms with van der Waals surface area (Å²) < 4.78 is 12.9. The number of aryl methyl sites for hydroxylation is 1. The van der Waals surface area contributed by atoms with Gasteiger partial charge in [0.15, 0.2) is 5.69 Å². The number of hydrogen-bond acceptors (Lipinski definition) is 5. The van der Waals surface area contributed by atoms with Crippen LogP contribution in [0.1, 0.15) is 41.9 Å². The Morgan fingerprint density at radius 3 is 2.62 bits per heavy atom. The molecule has 0 aliphatic rings. The summed E-state index contributed by atoms with van der Waals surface area (Å²) >= 11 is 0. The van der Waals surface area contributed by atoms with Gasteiger partial charge in [-0.25, -0.2) is 0 Å². The molecule has 2 aromatic carbocycles. The van der Waals surface area contributed by atoms with Crippen LogP contribution in [0, 0.1) is 0 Å². The molecule has 178 valence electrons. The van der Waals surface area contributed by atoms with E-state index in [-0.39, 0.29) is 17.5 Å². The van der Waals surface area contributed by atoms with Crippen molar-refractivity contribution in [3.63, 3.8) is 0 Å². The number of benzene rings is 2. The molecule has 8 heteroatoms. The summed E-state index contributed by atoms with van der Waals surface area (Å²) in [7, 11) is 1.61. The summed E-state index contributed by atoms with van der Waals surface area (Å²) in [6.07, 6.45) is 5.58. The molecule has 0 fully saturated rings. The summed E-state index contributed by atoms with van der Waals surface area (Å²) in [5, 5.41) is 9.81. The van der Waals surface area contributed by atoms with Crippen LogP contribution in [0.15, 0.2) is 60.8 Å². The Morgan fingerprint density at radius 1 is 1.12 bits per heavy atom. The molecular weight excluding hydrogens is 432 g/mol. The van der Waals surface area contributed by atoms with Gasteiger partial charge >= 0.3 is 0 Å². The van der Waals surface area contributed by atoms with Crippen molar-refractivity contribution in [1.82, 2.24) is 15.1 Å². The number of aromatic nitrogens is 2. The number of nitrogens with zero attached hydrogens (tertiary/aromatic N) is 2. The molecule has 2 amide bonds. The first-order valence-corrected chi connectivity index (χ1v) is 11.2. The number of carbonyl (C=O) groups excluding carboxylic acids is 2. The molecule has 0 saturated carbocycles. The van der Waals surface area contributed by atoms with Crippen molar-refractivity contribution in [3.05, 3.63) is 77.6 Å². The molecule has 0 aliphatic carbocycles. The smallest absolute Gasteiger partial charge is 0.273 e. The summed E-state index contributed by atoms with van der Waals surface area (Å²) in [5.74, 6) is 0.785. The first-order chi connectivity index (χ1) is 16.5. The number of para-hydroxylation sites is 1. The van der Waals surface area contributed by atoms with Crippen molar-refractivity contribution in [2.75, 3.05) is 19.0 Å². The molecule has 3 aromatic rings. The Morgan fingerprint density at radius 2 is 1.91 bits per heavy atom. The highest BCUT2D eigenvalue weighted by Crippen LogP contribution is 2.23. The Labute approximate surface area is 199 Å². The van der Waals surface area contributed by atoms with Crippen LogP contribution < -0.4 is 20.1 Å². The zero-order valence-electron chi connectivity index (χ0n) is 19.7. The minimum atomic E-state index is -0.363. The highest BCUT2D eigenvalue weighted by molar-refractivity contribution is 6.06. The second kappa shape index (κ2) is 12.2. The van der Waals surface area contributed by atoms with Crippen LogP contribution >= 0.6 is 0 Å². The van der Waals surface area contributed by atoms with Crippen LogP contribution in [0.3, 0.4) is 0 Å². The van der Waals surface area contributed by atoms with Gasteiger partial charge in [-0.05, 0) is 49.2 Å². The number of carbonyl (C=O) groups is 2. The van der Waals surface area contributed by atoms with E-state index in [1.54, 1.807) is 24.1 Å². The number of anilines is 1. The molecule has 8 nitrogen and oxygen atoms in total. The lowest BCUT2D eigenvalue weighted by Gasteiger charge is -2.11. The normalized spacial score (nSPS) is 10.8. The number of ether oxygens (including phenoxy) is 2. The van der Waals surface area contributed by atoms with Gasteiger partial charge < -0.3 is 20.1 Å². The Kier molecular flexibility index (Phi) is 8.85. The first-order valence-electron chi connectivity index (χ1n) is 11.2. The van der Waals surface area contributed by atoms with Crippen molar-refractivity contribution in [2.45, 2.75) is 33.4 Å². The predicted octanol–water partition coefficient (Wildman–Crippen LogP) is 4.28. The summed E-state index contributed by atoms with van der Waals surface area (Å²) in [5.41, 5.74) is 2.24. The highest BCUT2D eigenvalue weighted by atomic mass is 16.5. The van der Waals surface area contributed by atoms with Crippen molar-refractivity contribution < 1.29 is 19.1 Å². The summed E-state index contributed by atoms with van der Waals surface area (Å²) in [6, 6.07) is 15.1. The van der Waals surface area contributed by atoms with Gasteiger partial charge in [0.1, 0.15) is 18.1 Å². The average Bonchev–Trinajstić information content (AvgIpc) is 3.28. The molecule has 2 N–H and O–H groups in total. The van der Waals surface area contributed by atoms with Crippen LogP contribution in [-0.4, -0.2) is 35.2 Å². The van der Waals surface area contributed by atoms with E-state index in [1.165, 1.54) is 6.08 Å². The fraction of sp³-hybridized carbons (Fsp3) is 0.269. The zero-order valence-corrected chi connectivity index (χ0v) is 19.7. The Hall–Kier alpha value is -4.07. The first kappa shape index (κ1) is 24.6. The second-order valence-electron chi connectivity index (χ2n) is 7.50. The van der Waals surface area contributed by atoms with E-state index >= 15 is 0 Å². The van der Waals surface area contributed by atoms with Gasteiger partial charge in [0.2, 0.25) is 5.91 Å². The number of amides is 2. The minimum Gasteiger partial charge on any atom is -0.496 e. The van der Waals surface area contributed by atoms with Crippen molar-refractivity contribution in [3.8, 4) is 11.5 Å². The monoisotopic (exact) mass is 462 g/mol. The maximum absolute atomic E-state index is 12.6. The average molecular weight is 463 g/mol. The van der Waals surface area contributed by atoms with Gasteiger partial charge in [-0.2, -0.15) is 5.10 Å². The molecule has 1 heterocycles. The third kappa shape index (κ3) is 6.71. The number of nitrogens with one attached hydrogen (secondary N) is 2. The fourth-order valence-electron chi connectivity index (χ4n) is 3.20. The molecule has 0 aliphatic heterocycles. The van der Waals surface area contributed by atoms with E-state index in [2.05, 4.69) is 15.7 Å². The maximum atomic E-state index is 12.6. The van der Waals surface area contributed by atoms with E-state index in [9.17, 15) is 9.59 Å². The van der Waals surface area contributed by atoms with Crippen molar-refractivity contribution in [1.29, 1.82) is 0 Å². The molecular formula is C26H30N4O4. The summed E-state index contributed by atoms with van der Waals surface area (Å²) in [6.45, 7) is 5.33. The fourth-order valence-corrected chi connectivity index (χ4v) is 3.20. The highest BCUT2D eigenvalue weighted by Gasteiger charge is 2.17. The zero-order chi connectivity index (χ0) is 24.3. The van der Waals surface area contributed by atoms with Gasteiger partial charge in [-0.1, -0.05) is 31.2 Å². The van der Waals surface area contributed by atoms with Crippen molar-refractivity contribution in [2.24, 2.45) is 0 Å². The molecule has 1 aromatic heterocycles. The van der Waals surface area contributed by atoms with Gasteiger partial charge in [-0.15, -0.1) is 0 Å². The molecule has 0 saturated heterocycles. The topological polar surface area (TPSA) is 94.5 Å². The van der Waals surface area contributed by atoms with Gasteiger partial charge in [0.25, 0.3) is 5.91 Å². The third-order valence-electron chi connectivity index (χ3n) is 4.96. The molecule has 34 heavy (non-hydrogen) atoms. The lowest BCUT2D eigenvalue weighted by molar-refractivity contribution is -0.111. The lowest BCUT2D eigenvalue weighted by Crippen LogP contribution is -2.26. The molecule has 0 radical (unpaired) electrons. The SMILES string of the molecule is CCCNC(=O)c1nn(CC)cc1NC(=O)/C=C/c1ccc(OC)c(COc2ccccc2)c1. The van der Waals surface area contributed by atoms with E-state index in [4.69, 9.17) is 9.47 Å². The number of rotatable bonds is 11. The van der Waals surface area contributed by atoms with Crippen LogP contribution in [0.5, 0.6) is 11.5 Å². The second-order valence-corrected chi connectivity index (χ2v) is 7.50. The molecule has 3 rings (SSSR count). The van der Waals surface area contributed by atoms with Crippen LogP contribution in [0.2, 0.25) is 0 Å². The number of methoxy groups -OCH3 is 1. The largest absolute Gasteiger partial charge is 0.496 e. The van der Waals surface area contributed by atoms with Crippen LogP contribution in [0.25, 0.3) is 6.08 Å². The Balaban J connectivity index is 1.70. The predicted molar refractivity (Wildman–Crippen MR) is 132 cm³/mol. The lowest BCUT2D eigenvalue weighted by atomic mass is 10.1. The standard InChI is InChI=1S/C26H30N4O4/c1-4-15-27-26(32)25-22(17-30(5-2)29-25)28-24(31)14-12-19-11-13-23(33-3)20(16-19)18-34-21-9-7-6-8-10-21/h6-14,16-17H,4-5,15,18H2,1-3H3,(H,27,32)(H,28,31)/b14-12+. The summed E-state index contributed by atoms with van der Waals surface area (Å²) in [4.78, 5) is 25.0. The van der Waals surface area contributed by atoms with E-state index in [1.807, 2.05) is 62.4 Å². The third-order valence-corrected chi connectivity index (χ3v) is 4.96. The van der Waals surface area contributed by atoms with Crippen molar-refractivity contribution >= 4 is 23.6 Å². The number of hydrogen-bond donors (Lipinski definition) is 2. The molecule has 0 unspecified atom stereocenters. The van der Waals surface area contributed by atoms with Crippen LogP contribution in [-0.2, 0) is 17.9 Å². The van der Waals surface area contributed by atoms with Gasteiger partial charge in [0.05, 0.1) is 12.8 Å². The maximum Gasteiger partial charge on any atom is 0.273 e. The van der Waals surface area contributed by atoms with E-state index < -0.39 is 0 Å². The quantitative estimate of drug-likeness (QED) is 0.415. The van der Waals surface area contributed by atoms with E-state index in [0.29, 0.717) is 31.1 Å². The van der Waals surface area contributed by atoms with Gasteiger partial charge in [-0.3, -0.25) is 14.3 Å².